The number of carboxylic acids is 1. The molecule has 1 rings (SSSR count). The van der Waals surface area contributed by atoms with E-state index >= 15 is 0 Å². The van der Waals surface area contributed by atoms with E-state index < -0.39 is 28.1 Å². The van der Waals surface area contributed by atoms with Gasteiger partial charge >= 0.3 is 5.97 Å². The average molecular weight is 279 g/mol. The van der Waals surface area contributed by atoms with E-state index in [0.29, 0.717) is 6.42 Å². The minimum Gasteiger partial charge on any atom is -0.480 e. The Morgan fingerprint density at radius 2 is 1.94 bits per heavy atom. The first-order valence-electron chi connectivity index (χ1n) is 5.93. The zero-order chi connectivity index (χ0) is 14.1. The van der Waals surface area contributed by atoms with Crippen LogP contribution in [-0.4, -0.2) is 53.3 Å². The first kappa shape index (κ1) is 15.4. The van der Waals surface area contributed by atoms with Gasteiger partial charge in [0.05, 0.1) is 11.9 Å². The predicted molar refractivity (Wildman–Crippen MR) is 66.6 cm³/mol. The topological polar surface area (TPSA) is 94.9 Å². The van der Waals surface area contributed by atoms with Crippen LogP contribution in [0.1, 0.15) is 33.6 Å². The quantitative estimate of drug-likeness (QED) is 0.770. The number of β-amino-alcohol motifs (C(OH)–C–C–N with tert-alkyl or cyclic N) is 1. The summed E-state index contributed by atoms with van der Waals surface area (Å²) in [5.74, 6) is -1.29. The number of rotatable bonds is 4. The van der Waals surface area contributed by atoms with Crippen molar-refractivity contribution in [1.29, 1.82) is 0 Å². The van der Waals surface area contributed by atoms with E-state index in [0.717, 1.165) is 4.31 Å². The Hall–Kier alpha value is -0.660. The zero-order valence-electron chi connectivity index (χ0n) is 11.0. The standard InChI is InChI=1S/C11H21NO5S/c1-11(2,3)4-5-18(16,17)12-7-8(13)6-9(12)10(14)15/h8-9,13H,4-7H2,1-3H3,(H,14,15)/t8-,9-/m1/s1. The molecule has 0 unspecified atom stereocenters. The van der Waals surface area contributed by atoms with E-state index in [4.69, 9.17) is 5.11 Å². The van der Waals surface area contributed by atoms with Crippen molar-refractivity contribution in [3.63, 3.8) is 0 Å². The van der Waals surface area contributed by atoms with Crippen LogP contribution >= 0.6 is 0 Å². The van der Waals surface area contributed by atoms with Gasteiger partial charge in [-0.25, -0.2) is 8.42 Å². The number of hydrogen-bond acceptors (Lipinski definition) is 4. The number of hydrogen-bond donors (Lipinski definition) is 2. The Morgan fingerprint density at radius 1 is 1.39 bits per heavy atom. The van der Waals surface area contributed by atoms with E-state index in [9.17, 15) is 18.3 Å². The van der Waals surface area contributed by atoms with Gasteiger partial charge in [0.1, 0.15) is 6.04 Å². The summed E-state index contributed by atoms with van der Waals surface area (Å²) in [5.41, 5.74) is -0.135. The lowest BCUT2D eigenvalue weighted by Gasteiger charge is -2.23. The Balaban J connectivity index is 2.81. The van der Waals surface area contributed by atoms with Crippen LogP contribution in [-0.2, 0) is 14.8 Å². The molecule has 2 N–H and O–H groups in total. The largest absolute Gasteiger partial charge is 0.480 e. The molecule has 0 aromatic heterocycles. The Kier molecular flexibility index (Phi) is 4.40. The maximum Gasteiger partial charge on any atom is 0.322 e. The molecule has 18 heavy (non-hydrogen) atoms. The van der Waals surface area contributed by atoms with Gasteiger partial charge in [-0.15, -0.1) is 0 Å². The summed E-state index contributed by atoms with van der Waals surface area (Å²) in [6.45, 7) is 5.66. The third-order valence-corrected chi connectivity index (χ3v) is 4.82. The van der Waals surface area contributed by atoms with Crippen molar-refractivity contribution in [2.75, 3.05) is 12.3 Å². The molecule has 1 saturated heterocycles. The summed E-state index contributed by atoms with van der Waals surface area (Å²) < 4.78 is 25.1. The fraction of sp³-hybridized carbons (Fsp3) is 0.909. The molecule has 7 heteroatoms. The molecule has 0 aliphatic carbocycles. The molecular formula is C11H21NO5S. The number of aliphatic carboxylic acids is 1. The third-order valence-electron chi connectivity index (χ3n) is 2.99. The van der Waals surface area contributed by atoms with E-state index in [1.165, 1.54) is 0 Å². The number of nitrogens with zero attached hydrogens (tertiary/aromatic N) is 1. The summed E-state index contributed by atoms with van der Waals surface area (Å²) in [7, 11) is -3.63. The molecule has 0 saturated carbocycles. The second kappa shape index (κ2) is 5.14. The molecule has 2 atom stereocenters. The molecule has 0 amide bonds. The van der Waals surface area contributed by atoms with Crippen LogP contribution in [0.15, 0.2) is 0 Å². The van der Waals surface area contributed by atoms with Gasteiger partial charge in [0, 0.05) is 13.0 Å². The Labute approximate surface area is 108 Å². The SMILES string of the molecule is CC(C)(C)CCS(=O)(=O)N1C[C@H](O)C[C@@H]1C(=O)O. The van der Waals surface area contributed by atoms with Crippen molar-refractivity contribution in [2.45, 2.75) is 45.8 Å². The van der Waals surface area contributed by atoms with Gasteiger partial charge in [-0.3, -0.25) is 4.79 Å². The van der Waals surface area contributed by atoms with Crippen LogP contribution in [0.4, 0.5) is 0 Å². The maximum absolute atomic E-state index is 12.1. The highest BCUT2D eigenvalue weighted by Gasteiger charge is 2.42. The van der Waals surface area contributed by atoms with Crippen LogP contribution in [0, 0.1) is 5.41 Å². The Bertz CT molecular complexity index is 412. The van der Waals surface area contributed by atoms with Crippen LogP contribution < -0.4 is 0 Å². The number of carbonyl (C=O) groups is 1. The maximum atomic E-state index is 12.1. The van der Waals surface area contributed by atoms with E-state index in [1.54, 1.807) is 0 Å². The van der Waals surface area contributed by atoms with Crippen LogP contribution in [0.3, 0.4) is 0 Å². The summed E-state index contributed by atoms with van der Waals surface area (Å²) >= 11 is 0. The molecule has 1 heterocycles. The van der Waals surface area contributed by atoms with Crippen molar-refractivity contribution in [3.8, 4) is 0 Å². The highest BCUT2D eigenvalue weighted by Crippen LogP contribution is 2.25. The number of aliphatic hydroxyl groups excluding tert-OH is 1. The van der Waals surface area contributed by atoms with Crippen LogP contribution in [0.5, 0.6) is 0 Å². The van der Waals surface area contributed by atoms with Gasteiger partial charge in [0.15, 0.2) is 0 Å². The van der Waals surface area contributed by atoms with Gasteiger partial charge < -0.3 is 10.2 Å². The Morgan fingerprint density at radius 3 is 2.39 bits per heavy atom. The second-order valence-corrected chi connectivity index (χ2v) is 7.98. The van der Waals surface area contributed by atoms with Crippen LogP contribution in [0.25, 0.3) is 0 Å². The summed E-state index contributed by atoms with van der Waals surface area (Å²) in [5, 5.41) is 18.4. The van der Waals surface area contributed by atoms with Crippen molar-refractivity contribution in [3.05, 3.63) is 0 Å². The summed E-state index contributed by atoms with van der Waals surface area (Å²) in [6.07, 6.45) is -0.478. The molecule has 1 aliphatic rings. The minimum absolute atomic E-state index is 0.0376. The minimum atomic E-state index is -3.63. The van der Waals surface area contributed by atoms with Gasteiger partial charge in [0.25, 0.3) is 0 Å². The molecule has 0 spiro atoms. The molecular weight excluding hydrogens is 258 g/mol. The van der Waals surface area contributed by atoms with E-state index in [1.807, 2.05) is 20.8 Å². The fourth-order valence-electron chi connectivity index (χ4n) is 1.87. The monoisotopic (exact) mass is 279 g/mol. The van der Waals surface area contributed by atoms with Crippen molar-refractivity contribution >= 4 is 16.0 Å². The number of sulfonamides is 1. The molecule has 0 aromatic carbocycles. The average Bonchev–Trinajstić information content (AvgIpc) is 2.57. The van der Waals surface area contributed by atoms with E-state index in [-0.39, 0.29) is 24.1 Å². The van der Waals surface area contributed by atoms with Crippen LogP contribution in [0.2, 0.25) is 0 Å². The third kappa shape index (κ3) is 3.93. The molecule has 106 valence electrons. The first-order chi connectivity index (χ1) is 8.03. The molecule has 6 nitrogen and oxygen atoms in total. The lowest BCUT2D eigenvalue weighted by Crippen LogP contribution is -2.42. The smallest absolute Gasteiger partial charge is 0.322 e. The first-order valence-corrected chi connectivity index (χ1v) is 7.54. The summed E-state index contributed by atoms with van der Waals surface area (Å²) in [6, 6.07) is -1.13. The molecule has 0 aromatic rings. The number of aliphatic hydroxyl groups is 1. The molecule has 0 radical (unpaired) electrons. The molecule has 1 aliphatic heterocycles. The van der Waals surface area contributed by atoms with Crippen molar-refractivity contribution in [2.24, 2.45) is 5.41 Å². The highest BCUT2D eigenvalue weighted by molar-refractivity contribution is 7.89. The fourth-order valence-corrected chi connectivity index (χ4v) is 3.94. The zero-order valence-corrected chi connectivity index (χ0v) is 11.8. The lowest BCUT2D eigenvalue weighted by molar-refractivity contribution is -0.140. The number of carboxylic acid groups (broad SMARTS) is 1. The van der Waals surface area contributed by atoms with E-state index in [2.05, 4.69) is 0 Å². The normalized spacial score (nSPS) is 26.4. The van der Waals surface area contributed by atoms with Gasteiger partial charge in [0.2, 0.25) is 10.0 Å². The molecule has 1 fully saturated rings. The molecule has 0 bridgehead atoms. The second-order valence-electron chi connectivity index (χ2n) is 5.94. The highest BCUT2D eigenvalue weighted by atomic mass is 32.2. The van der Waals surface area contributed by atoms with Crippen molar-refractivity contribution in [1.82, 2.24) is 4.31 Å². The lowest BCUT2D eigenvalue weighted by atomic mass is 9.94. The summed E-state index contributed by atoms with van der Waals surface area (Å²) in [4.78, 5) is 11.0. The van der Waals surface area contributed by atoms with Gasteiger partial charge in [-0.1, -0.05) is 20.8 Å². The van der Waals surface area contributed by atoms with Gasteiger partial charge in [-0.05, 0) is 11.8 Å². The van der Waals surface area contributed by atoms with Crippen molar-refractivity contribution < 1.29 is 23.4 Å². The van der Waals surface area contributed by atoms with Gasteiger partial charge in [-0.2, -0.15) is 4.31 Å². The predicted octanol–water partition coefficient (Wildman–Crippen LogP) is 0.272.